The highest BCUT2D eigenvalue weighted by molar-refractivity contribution is 5.90. The summed E-state index contributed by atoms with van der Waals surface area (Å²) in [6.45, 7) is 4.33. The maximum atomic E-state index is 11.4. The quantitative estimate of drug-likeness (QED) is 0.601. The first kappa shape index (κ1) is 12.9. The third-order valence-electron chi connectivity index (χ3n) is 2.01. The van der Waals surface area contributed by atoms with Crippen molar-refractivity contribution in [2.75, 3.05) is 18.5 Å². The van der Waals surface area contributed by atoms with E-state index in [9.17, 15) is 4.79 Å². The third kappa shape index (κ3) is 4.96. The largest absolute Gasteiger partial charge is 0.377 e. The van der Waals surface area contributed by atoms with Gasteiger partial charge in [0, 0.05) is 5.69 Å². The van der Waals surface area contributed by atoms with Crippen molar-refractivity contribution in [3.05, 3.63) is 42.5 Å². The van der Waals surface area contributed by atoms with E-state index in [0.29, 0.717) is 30.9 Å². The van der Waals surface area contributed by atoms with E-state index in [0.717, 1.165) is 0 Å². The summed E-state index contributed by atoms with van der Waals surface area (Å²) in [5, 5.41) is 11.3. The summed E-state index contributed by atoms with van der Waals surface area (Å²) in [5.74, 6) is -0.112. The van der Waals surface area contributed by atoms with E-state index in [1.165, 1.54) is 0 Å². The molecular weight excluding hydrogens is 216 g/mol. The highest BCUT2D eigenvalue weighted by Crippen LogP contribution is 2.08. The second kappa shape index (κ2) is 7.20. The molecule has 4 nitrogen and oxygen atoms in total. The second-order valence-corrected chi connectivity index (χ2v) is 3.35. The van der Waals surface area contributed by atoms with Crippen LogP contribution in [0.3, 0.4) is 0 Å². The summed E-state index contributed by atoms with van der Waals surface area (Å²) < 4.78 is 5.11. The van der Waals surface area contributed by atoms with E-state index in [4.69, 9.17) is 10.00 Å². The maximum Gasteiger partial charge on any atom is 0.226 e. The number of nitriles is 1. The first-order valence-corrected chi connectivity index (χ1v) is 5.25. The summed E-state index contributed by atoms with van der Waals surface area (Å²) in [6.07, 6.45) is 1.94. The molecule has 1 aromatic carbocycles. The summed E-state index contributed by atoms with van der Waals surface area (Å²) in [6, 6.07) is 8.72. The summed E-state index contributed by atoms with van der Waals surface area (Å²) >= 11 is 0. The highest BCUT2D eigenvalue weighted by atomic mass is 16.5. The van der Waals surface area contributed by atoms with Gasteiger partial charge in [0.15, 0.2) is 0 Å². The van der Waals surface area contributed by atoms with Crippen molar-refractivity contribution in [2.24, 2.45) is 0 Å². The zero-order valence-electron chi connectivity index (χ0n) is 9.48. The van der Waals surface area contributed by atoms with Crippen LogP contribution in [0.2, 0.25) is 0 Å². The van der Waals surface area contributed by atoms with E-state index in [-0.39, 0.29) is 5.91 Å². The standard InChI is InChI=1S/C13H14N2O2/c1-2-8-17-9-7-13(16)15-12-5-3-11(10-14)4-6-12/h2-6H,1,7-9H2,(H,15,16). The molecule has 0 aliphatic heterocycles. The van der Waals surface area contributed by atoms with Gasteiger partial charge in [-0.15, -0.1) is 6.58 Å². The van der Waals surface area contributed by atoms with E-state index in [2.05, 4.69) is 11.9 Å². The summed E-state index contributed by atoms with van der Waals surface area (Å²) in [4.78, 5) is 11.4. The minimum absolute atomic E-state index is 0.112. The molecule has 0 saturated heterocycles. The van der Waals surface area contributed by atoms with Gasteiger partial charge < -0.3 is 10.1 Å². The number of carbonyl (C=O) groups excluding carboxylic acids is 1. The number of anilines is 1. The Morgan fingerprint density at radius 2 is 2.18 bits per heavy atom. The van der Waals surface area contributed by atoms with Crippen molar-refractivity contribution < 1.29 is 9.53 Å². The molecule has 0 atom stereocenters. The van der Waals surface area contributed by atoms with Gasteiger partial charge in [0.2, 0.25) is 5.91 Å². The van der Waals surface area contributed by atoms with Gasteiger partial charge in [-0.3, -0.25) is 4.79 Å². The van der Waals surface area contributed by atoms with Crippen LogP contribution in [0.1, 0.15) is 12.0 Å². The van der Waals surface area contributed by atoms with E-state index >= 15 is 0 Å². The predicted octanol–water partition coefficient (Wildman–Crippen LogP) is 2.09. The average Bonchev–Trinajstić information content (AvgIpc) is 2.36. The van der Waals surface area contributed by atoms with Crippen LogP contribution in [0.25, 0.3) is 0 Å². The molecule has 1 aromatic rings. The molecule has 0 bridgehead atoms. The first-order valence-electron chi connectivity index (χ1n) is 5.25. The molecule has 0 radical (unpaired) electrons. The van der Waals surface area contributed by atoms with Gasteiger partial charge in [0.05, 0.1) is 31.3 Å². The van der Waals surface area contributed by atoms with Crippen LogP contribution in [0.4, 0.5) is 5.69 Å². The number of amides is 1. The average molecular weight is 230 g/mol. The number of hydrogen-bond acceptors (Lipinski definition) is 3. The van der Waals surface area contributed by atoms with Crippen molar-refractivity contribution in [1.29, 1.82) is 5.26 Å². The number of benzene rings is 1. The number of nitrogens with one attached hydrogen (secondary N) is 1. The van der Waals surface area contributed by atoms with Crippen LogP contribution in [0, 0.1) is 11.3 Å². The second-order valence-electron chi connectivity index (χ2n) is 3.35. The molecular formula is C13H14N2O2. The maximum absolute atomic E-state index is 11.4. The molecule has 17 heavy (non-hydrogen) atoms. The van der Waals surface area contributed by atoms with Gasteiger partial charge in [-0.05, 0) is 24.3 Å². The molecule has 0 fully saturated rings. The van der Waals surface area contributed by atoms with Crippen molar-refractivity contribution in [2.45, 2.75) is 6.42 Å². The van der Waals surface area contributed by atoms with E-state index in [1.807, 2.05) is 6.07 Å². The zero-order valence-corrected chi connectivity index (χ0v) is 9.48. The summed E-state index contributed by atoms with van der Waals surface area (Å²) in [7, 11) is 0. The minimum Gasteiger partial charge on any atom is -0.377 e. The topological polar surface area (TPSA) is 62.1 Å². The fraction of sp³-hybridized carbons (Fsp3) is 0.231. The lowest BCUT2D eigenvalue weighted by Gasteiger charge is -2.05. The fourth-order valence-electron chi connectivity index (χ4n) is 1.18. The number of rotatable bonds is 6. The lowest BCUT2D eigenvalue weighted by molar-refractivity contribution is -0.117. The summed E-state index contributed by atoms with van der Waals surface area (Å²) in [5.41, 5.74) is 1.25. The minimum atomic E-state index is -0.112. The van der Waals surface area contributed by atoms with Crippen molar-refractivity contribution in [1.82, 2.24) is 0 Å². The van der Waals surface area contributed by atoms with Gasteiger partial charge >= 0.3 is 0 Å². The fourth-order valence-corrected chi connectivity index (χ4v) is 1.18. The van der Waals surface area contributed by atoms with Crippen LogP contribution in [0.15, 0.2) is 36.9 Å². The van der Waals surface area contributed by atoms with Gasteiger partial charge in [-0.25, -0.2) is 0 Å². The van der Waals surface area contributed by atoms with Crippen molar-refractivity contribution in [3.8, 4) is 6.07 Å². The Morgan fingerprint density at radius 1 is 1.47 bits per heavy atom. The smallest absolute Gasteiger partial charge is 0.226 e. The van der Waals surface area contributed by atoms with Crippen LogP contribution in [-0.2, 0) is 9.53 Å². The molecule has 0 saturated carbocycles. The molecule has 4 heteroatoms. The Morgan fingerprint density at radius 3 is 2.76 bits per heavy atom. The molecule has 88 valence electrons. The number of carbonyl (C=O) groups is 1. The van der Waals surface area contributed by atoms with Crippen LogP contribution in [-0.4, -0.2) is 19.1 Å². The molecule has 1 N–H and O–H groups in total. The van der Waals surface area contributed by atoms with Gasteiger partial charge in [0.1, 0.15) is 0 Å². The van der Waals surface area contributed by atoms with E-state index < -0.39 is 0 Å². The van der Waals surface area contributed by atoms with Crippen LogP contribution < -0.4 is 5.32 Å². The van der Waals surface area contributed by atoms with Crippen LogP contribution in [0.5, 0.6) is 0 Å². The number of ether oxygens (including phenoxy) is 1. The Kier molecular flexibility index (Phi) is 5.49. The number of nitrogens with zero attached hydrogens (tertiary/aromatic N) is 1. The lowest BCUT2D eigenvalue weighted by atomic mass is 10.2. The van der Waals surface area contributed by atoms with Gasteiger partial charge in [0.25, 0.3) is 0 Å². The predicted molar refractivity (Wildman–Crippen MR) is 65.4 cm³/mol. The Hall–Kier alpha value is -2.12. The molecule has 0 aliphatic rings. The molecule has 1 amide bonds. The SMILES string of the molecule is C=CCOCCC(=O)Nc1ccc(C#N)cc1. The Balaban J connectivity index is 2.35. The monoisotopic (exact) mass is 230 g/mol. The molecule has 0 spiro atoms. The van der Waals surface area contributed by atoms with Crippen LogP contribution >= 0.6 is 0 Å². The Bertz CT molecular complexity index is 418. The van der Waals surface area contributed by atoms with E-state index in [1.54, 1.807) is 30.3 Å². The Labute approximate surface area is 101 Å². The van der Waals surface area contributed by atoms with Gasteiger partial charge in [-0.2, -0.15) is 5.26 Å². The molecule has 0 aromatic heterocycles. The highest BCUT2D eigenvalue weighted by Gasteiger charge is 2.01. The number of hydrogen-bond donors (Lipinski definition) is 1. The van der Waals surface area contributed by atoms with Gasteiger partial charge in [-0.1, -0.05) is 6.08 Å². The molecule has 0 unspecified atom stereocenters. The van der Waals surface area contributed by atoms with Crippen molar-refractivity contribution >= 4 is 11.6 Å². The normalized spacial score (nSPS) is 9.35. The molecule has 0 heterocycles. The van der Waals surface area contributed by atoms with Crippen molar-refractivity contribution in [3.63, 3.8) is 0 Å². The molecule has 1 rings (SSSR count). The first-order chi connectivity index (χ1) is 8.26. The third-order valence-corrected chi connectivity index (χ3v) is 2.01. The lowest BCUT2D eigenvalue weighted by Crippen LogP contribution is -2.14. The molecule has 0 aliphatic carbocycles. The zero-order chi connectivity index (χ0) is 12.5.